The van der Waals surface area contributed by atoms with Crippen LogP contribution >= 0.6 is 11.6 Å². The third kappa shape index (κ3) is 4.67. The molecule has 34 heavy (non-hydrogen) atoms. The van der Waals surface area contributed by atoms with Gasteiger partial charge in [0.2, 0.25) is 5.91 Å². The number of carbonyl (C=O) groups excluding carboxylic acids is 2. The average molecular weight is 494 g/mol. The van der Waals surface area contributed by atoms with E-state index in [0.29, 0.717) is 11.4 Å². The Morgan fingerprint density at radius 2 is 1.97 bits per heavy atom. The summed E-state index contributed by atoms with van der Waals surface area (Å²) in [5.41, 5.74) is 0.224. The second-order valence-electron chi connectivity index (χ2n) is 7.35. The molecule has 0 N–H and O–H groups in total. The summed E-state index contributed by atoms with van der Waals surface area (Å²) in [5.74, 6) is -0.379. The number of nitrogens with zero attached hydrogens (tertiary/aromatic N) is 7. The summed E-state index contributed by atoms with van der Waals surface area (Å²) in [7, 11) is 0. The first-order chi connectivity index (χ1) is 16.2. The molecule has 3 aromatic heterocycles. The van der Waals surface area contributed by atoms with Crippen molar-refractivity contribution in [3.8, 4) is 5.69 Å². The Kier molecular flexibility index (Phi) is 6.42. The maximum atomic E-state index is 13.0. The number of halogens is 4. The van der Waals surface area contributed by atoms with Gasteiger partial charge in [0.05, 0.1) is 30.0 Å². The van der Waals surface area contributed by atoms with Crippen LogP contribution < -0.4 is 9.80 Å². The van der Waals surface area contributed by atoms with Gasteiger partial charge >= 0.3 is 12.2 Å². The highest BCUT2D eigenvalue weighted by atomic mass is 35.5. The minimum absolute atomic E-state index is 0.115. The van der Waals surface area contributed by atoms with Gasteiger partial charge in [0.1, 0.15) is 17.9 Å². The number of rotatable bonds is 6. The van der Waals surface area contributed by atoms with Crippen molar-refractivity contribution in [3.05, 3.63) is 59.9 Å². The molecule has 1 fully saturated rings. The van der Waals surface area contributed by atoms with Crippen LogP contribution in [0, 0.1) is 0 Å². The quantitative estimate of drug-likeness (QED) is 0.523. The lowest BCUT2D eigenvalue weighted by Gasteiger charge is -2.23. The maximum absolute atomic E-state index is 13.0. The molecule has 0 unspecified atom stereocenters. The fourth-order valence-electron chi connectivity index (χ4n) is 3.56. The van der Waals surface area contributed by atoms with Gasteiger partial charge in [-0.1, -0.05) is 11.6 Å². The van der Waals surface area contributed by atoms with E-state index in [-0.39, 0.29) is 42.9 Å². The summed E-state index contributed by atoms with van der Waals surface area (Å²) < 4.78 is 39.7. The second kappa shape index (κ2) is 9.29. The Balaban J connectivity index is 1.46. The van der Waals surface area contributed by atoms with E-state index in [0.717, 1.165) is 12.3 Å². The number of likely N-dealkylation sites (N-methyl/N-ethyl adjacent to an activating group) is 1. The van der Waals surface area contributed by atoms with Crippen LogP contribution in [0.1, 0.15) is 12.6 Å². The predicted molar refractivity (Wildman–Crippen MR) is 118 cm³/mol. The zero-order valence-corrected chi connectivity index (χ0v) is 18.7. The van der Waals surface area contributed by atoms with Crippen LogP contribution in [-0.4, -0.2) is 62.8 Å². The van der Waals surface area contributed by atoms with Gasteiger partial charge in [-0.25, -0.2) is 14.5 Å². The third-order valence-corrected chi connectivity index (χ3v) is 5.51. The molecular formula is C21H19ClF3N7O2. The monoisotopic (exact) mass is 493 g/mol. The van der Waals surface area contributed by atoms with Crippen LogP contribution in [0.2, 0.25) is 5.15 Å². The lowest BCUT2D eigenvalue weighted by Crippen LogP contribution is -2.42. The van der Waals surface area contributed by atoms with Crippen molar-refractivity contribution in [2.45, 2.75) is 13.1 Å². The van der Waals surface area contributed by atoms with E-state index in [4.69, 9.17) is 11.6 Å². The molecule has 0 aromatic carbocycles. The zero-order chi connectivity index (χ0) is 24.5. The Morgan fingerprint density at radius 1 is 1.18 bits per heavy atom. The fraction of sp³-hybridized carbons (Fsp3) is 0.286. The first-order valence-electron chi connectivity index (χ1n) is 10.2. The van der Waals surface area contributed by atoms with Crippen LogP contribution in [0.3, 0.4) is 0 Å². The molecule has 0 radical (unpaired) electrons. The van der Waals surface area contributed by atoms with Crippen LogP contribution in [0.15, 0.2) is 49.1 Å². The van der Waals surface area contributed by atoms with E-state index >= 15 is 0 Å². The van der Waals surface area contributed by atoms with Crippen LogP contribution in [0.25, 0.3) is 5.69 Å². The molecule has 0 aliphatic carbocycles. The van der Waals surface area contributed by atoms with E-state index in [1.807, 2.05) is 0 Å². The standard InChI is InChI=1S/C21H19ClF3N7O2/c1-2-30(16-12-32(28-19(16)22)15-4-3-7-26-10-15)18(33)13-29-8-9-31(20(29)34)14-5-6-17(27-11-14)21(23,24)25/h3-7,10-12H,2,8-9,13H2,1H3. The van der Waals surface area contributed by atoms with Crippen LogP contribution in [-0.2, 0) is 11.0 Å². The molecule has 0 spiro atoms. The molecule has 178 valence electrons. The topological polar surface area (TPSA) is 87.5 Å². The van der Waals surface area contributed by atoms with Crippen molar-refractivity contribution < 1.29 is 22.8 Å². The lowest BCUT2D eigenvalue weighted by molar-refractivity contribution is -0.141. The van der Waals surface area contributed by atoms with Crippen molar-refractivity contribution >= 4 is 34.9 Å². The molecule has 0 saturated carbocycles. The average Bonchev–Trinajstić information content (AvgIpc) is 3.37. The largest absolute Gasteiger partial charge is 0.433 e. The lowest BCUT2D eigenvalue weighted by atomic mass is 10.3. The van der Waals surface area contributed by atoms with Gasteiger partial charge in [0.25, 0.3) is 0 Å². The molecule has 1 aliphatic heterocycles. The van der Waals surface area contributed by atoms with Gasteiger partial charge in [-0.2, -0.15) is 18.3 Å². The smallest absolute Gasteiger partial charge is 0.313 e. The van der Waals surface area contributed by atoms with Crippen LogP contribution in [0.5, 0.6) is 0 Å². The predicted octanol–water partition coefficient (Wildman–Crippen LogP) is 3.63. The molecule has 3 aromatic rings. The number of hydrogen-bond acceptors (Lipinski definition) is 5. The molecule has 3 amide bonds. The van der Waals surface area contributed by atoms with E-state index in [2.05, 4.69) is 15.1 Å². The van der Waals surface area contributed by atoms with E-state index in [1.54, 1.807) is 37.6 Å². The Hall–Kier alpha value is -3.67. The summed E-state index contributed by atoms with van der Waals surface area (Å²) in [6.45, 7) is 2.26. The molecule has 4 heterocycles. The number of carbonyl (C=O) groups is 2. The van der Waals surface area contributed by atoms with Gasteiger partial charge in [-0.3, -0.25) is 14.7 Å². The van der Waals surface area contributed by atoms with Crippen molar-refractivity contribution in [3.63, 3.8) is 0 Å². The summed E-state index contributed by atoms with van der Waals surface area (Å²) in [5, 5.41) is 4.34. The number of alkyl halides is 3. The van der Waals surface area contributed by atoms with E-state index < -0.39 is 17.9 Å². The highest BCUT2D eigenvalue weighted by Gasteiger charge is 2.35. The first kappa shape index (κ1) is 23.5. The molecule has 1 aliphatic rings. The minimum atomic E-state index is -4.57. The summed E-state index contributed by atoms with van der Waals surface area (Å²) in [6.07, 6.45) is 1.25. The Morgan fingerprint density at radius 3 is 2.59 bits per heavy atom. The SMILES string of the molecule is CCN(C(=O)CN1CCN(c2ccc(C(F)(F)F)nc2)C1=O)c1cn(-c2cccnc2)nc1Cl. The number of urea groups is 1. The molecule has 4 rings (SSSR count). The molecular weight excluding hydrogens is 475 g/mol. The second-order valence-corrected chi connectivity index (χ2v) is 7.71. The fourth-order valence-corrected chi connectivity index (χ4v) is 3.79. The highest BCUT2D eigenvalue weighted by Crippen LogP contribution is 2.30. The van der Waals surface area contributed by atoms with E-state index in [9.17, 15) is 22.8 Å². The normalized spacial score (nSPS) is 14.1. The zero-order valence-electron chi connectivity index (χ0n) is 17.9. The molecule has 0 bridgehead atoms. The molecule has 0 atom stereocenters. The van der Waals surface area contributed by atoms with Gasteiger partial charge in [0, 0.05) is 25.8 Å². The maximum Gasteiger partial charge on any atom is 0.433 e. The summed E-state index contributed by atoms with van der Waals surface area (Å²) >= 11 is 6.28. The number of aromatic nitrogens is 4. The van der Waals surface area contributed by atoms with Gasteiger partial charge in [0.15, 0.2) is 5.15 Å². The summed E-state index contributed by atoms with van der Waals surface area (Å²) in [4.78, 5) is 37.3. The van der Waals surface area contributed by atoms with Crippen molar-refractivity contribution in [2.75, 3.05) is 36.0 Å². The Labute approximate surface area is 197 Å². The van der Waals surface area contributed by atoms with Gasteiger partial charge in [-0.05, 0) is 31.2 Å². The highest BCUT2D eigenvalue weighted by molar-refractivity contribution is 6.32. The number of hydrogen-bond donors (Lipinski definition) is 0. The summed E-state index contributed by atoms with van der Waals surface area (Å²) in [6, 6.07) is 5.03. The third-order valence-electron chi connectivity index (χ3n) is 5.24. The van der Waals surface area contributed by atoms with Crippen molar-refractivity contribution in [2.24, 2.45) is 0 Å². The number of anilines is 2. The Bertz CT molecular complexity index is 1190. The number of pyridine rings is 2. The van der Waals surface area contributed by atoms with Crippen LogP contribution in [0.4, 0.5) is 29.3 Å². The molecule has 1 saturated heterocycles. The molecule has 13 heteroatoms. The molecule has 9 nitrogen and oxygen atoms in total. The van der Waals surface area contributed by atoms with Gasteiger partial charge in [-0.15, -0.1) is 0 Å². The van der Waals surface area contributed by atoms with Gasteiger partial charge < -0.3 is 9.80 Å². The minimum Gasteiger partial charge on any atom is -0.313 e. The van der Waals surface area contributed by atoms with Crippen molar-refractivity contribution in [1.82, 2.24) is 24.6 Å². The number of amides is 3. The van der Waals surface area contributed by atoms with Crippen molar-refractivity contribution in [1.29, 1.82) is 0 Å². The first-order valence-corrected chi connectivity index (χ1v) is 10.6. The van der Waals surface area contributed by atoms with E-state index in [1.165, 1.54) is 25.4 Å².